The van der Waals surface area contributed by atoms with Crippen LogP contribution < -0.4 is 4.74 Å². The van der Waals surface area contributed by atoms with Crippen LogP contribution in [0.3, 0.4) is 0 Å². The Morgan fingerprint density at radius 3 is 3.00 bits per heavy atom. The highest BCUT2D eigenvalue weighted by atomic mass is 35.5. The van der Waals surface area contributed by atoms with Crippen LogP contribution in [0.15, 0.2) is 40.8 Å². The van der Waals surface area contributed by atoms with Gasteiger partial charge in [-0.3, -0.25) is 0 Å². The van der Waals surface area contributed by atoms with Crippen LogP contribution in [0, 0.1) is 11.3 Å². The van der Waals surface area contributed by atoms with E-state index < -0.39 is 0 Å². The van der Waals surface area contributed by atoms with Crippen LogP contribution >= 0.6 is 11.6 Å². The van der Waals surface area contributed by atoms with E-state index in [1.165, 1.54) is 0 Å². The smallest absolute Gasteiger partial charge is 0.238 e. The molecule has 1 aromatic heterocycles. The number of rotatable bonds is 2. The number of fused-ring (bicyclic) bond motifs is 2. The van der Waals surface area contributed by atoms with Gasteiger partial charge in [0, 0.05) is 16.1 Å². The number of halogens is 1. The second-order valence-electron chi connectivity index (χ2n) is 5.25. The molecular formula is C18H11ClN2O3. The van der Waals surface area contributed by atoms with Gasteiger partial charge < -0.3 is 13.9 Å². The van der Waals surface area contributed by atoms with Gasteiger partial charge in [0.25, 0.3) is 0 Å². The van der Waals surface area contributed by atoms with Crippen LogP contribution in [0.4, 0.5) is 0 Å². The molecule has 24 heavy (non-hydrogen) atoms. The van der Waals surface area contributed by atoms with Crippen LogP contribution in [0.1, 0.15) is 17.0 Å². The van der Waals surface area contributed by atoms with E-state index in [-0.39, 0.29) is 12.7 Å². The summed E-state index contributed by atoms with van der Waals surface area (Å²) in [5.74, 6) is 0.925. The van der Waals surface area contributed by atoms with E-state index >= 15 is 0 Å². The van der Waals surface area contributed by atoms with Crippen molar-refractivity contribution in [3.05, 3.63) is 58.4 Å². The van der Waals surface area contributed by atoms with Gasteiger partial charge in [-0.05, 0) is 30.3 Å². The van der Waals surface area contributed by atoms with Gasteiger partial charge in [-0.1, -0.05) is 23.7 Å². The van der Waals surface area contributed by atoms with Crippen LogP contribution in [0.2, 0.25) is 5.02 Å². The monoisotopic (exact) mass is 338 g/mol. The molecule has 1 aliphatic heterocycles. The topological polar surface area (TPSA) is 68.3 Å². The van der Waals surface area contributed by atoms with E-state index in [4.69, 9.17) is 25.5 Å². The van der Waals surface area contributed by atoms with Gasteiger partial charge in [0.2, 0.25) is 5.89 Å². The van der Waals surface area contributed by atoms with Crippen molar-refractivity contribution in [1.29, 1.82) is 5.26 Å². The average Bonchev–Trinajstić information content (AvgIpc) is 3.03. The highest BCUT2D eigenvalue weighted by Crippen LogP contribution is 2.34. The Morgan fingerprint density at radius 1 is 1.29 bits per heavy atom. The summed E-state index contributed by atoms with van der Waals surface area (Å²) in [6.45, 7) is 0.585. The molecule has 0 spiro atoms. The van der Waals surface area contributed by atoms with Crippen molar-refractivity contribution in [1.82, 2.24) is 4.98 Å². The van der Waals surface area contributed by atoms with Crippen molar-refractivity contribution in [2.24, 2.45) is 0 Å². The maximum Gasteiger partial charge on any atom is 0.238 e. The number of para-hydroxylation sites is 2. The lowest BCUT2D eigenvalue weighted by molar-refractivity contribution is -0.0165. The number of nitriles is 1. The normalized spacial score (nSPS) is 14.1. The highest BCUT2D eigenvalue weighted by molar-refractivity contribution is 6.30. The van der Waals surface area contributed by atoms with Crippen LogP contribution in [0.25, 0.3) is 22.7 Å². The maximum absolute atomic E-state index is 9.52. The second-order valence-corrected chi connectivity index (χ2v) is 5.69. The zero-order valence-electron chi connectivity index (χ0n) is 12.5. The van der Waals surface area contributed by atoms with Gasteiger partial charge in [-0.25, -0.2) is 4.98 Å². The third-order valence-electron chi connectivity index (χ3n) is 3.65. The summed E-state index contributed by atoms with van der Waals surface area (Å²) >= 11 is 6.16. The molecule has 6 heteroatoms. The molecule has 0 bridgehead atoms. The molecule has 2 heterocycles. The Balaban J connectivity index is 1.84. The summed E-state index contributed by atoms with van der Waals surface area (Å²) in [5, 5.41) is 10.1. The molecule has 118 valence electrons. The summed E-state index contributed by atoms with van der Waals surface area (Å²) in [6.07, 6.45) is 1.67. The first-order valence-corrected chi connectivity index (χ1v) is 7.63. The lowest BCUT2D eigenvalue weighted by Gasteiger charge is -2.20. The zero-order valence-corrected chi connectivity index (χ0v) is 13.2. The number of ether oxygens (including phenoxy) is 2. The molecule has 4 rings (SSSR count). The standard InChI is InChI=1S/C18H11ClN2O3/c19-14-6-11(17-13(7-14)9-22-10-23-17)5-12(8-20)18-21-15-3-1-2-4-16(15)24-18/h1-7H,9-10H2. The molecule has 0 aliphatic carbocycles. The number of oxazole rings is 1. The van der Waals surface area contributed by atoms with Gasteiger partial charge in [0.05, 0.1) is 6.61 Å². The molecule has 0 saturated carbocycles. The summed E-state index contributed by atoms with van der Waals surface area (Å²) in [4.78, 5) is 4.36. The van der Waals surface area contributed by atoms with Gasteiger partial charge in [-0.2, -0.15) is 5.26 Å². The minimum absolute atomic E-state index is 0.167. The minimum atomic E-state index is 0.167. The molecule has 0 saturated heterocycles. The number of hydrogen-bond donors (Lipinski definition) is 0. The zero-order chi connectivity index (χ0) is 16.5. The van der Waals surface area contributed by atoms with E-state index in [9.17, 15) is 5.26 Å². The number of allylic oxidation sites excluding steroid dienone is 1. The number of nitrogens with zero attached hydrogens (tertiary/aromatic N) is 2. The fraction of sp³-hybridized carbons (Fsp3) is 0.111. The van der Waals surface area contributed by atoms with E-state index in [0.29, 0.717) is 39.6 Å². The minimum Gasteiger partial charge on any atom is -0.467 e. The van der Waals surface area contributed by atoms with Crippen molar-refractivity contribution in [3.63, 3.8) is 0 Å². The molecule has 0 amide bonds. The van der Waals surface area contributed by atoms with E-state index in [2.05, 4.69) is 11.1 Å². The predicted molar refractivity (Wildman–Crippen MR) is 89.2 cm³/mol. The number of hydrogen-bond acceptors (Lipinski definition) is 5. The maximum atomic E-state index is 9.52. The van der Waals surface area contributed by atoms with Crippen molar-refractivity contribution in [3.8, 4) is 11.8 Å². The lowest BCUT2D eigenvalue weighted by Crippen LogP contribution is -2.12. The molecule has 5 nitrogen and oxygen atoms in total. The highest BCUT2D eigenvalue weighted by Gasteiger charge is 2.17. The van der Waals surface area contributed by atoms with Gasteiger partial charge in [0.15, 0.2) is 12.4 Å². The lowest BCUT2D eigenvalue weighted by atomic mass is 10.1. The molecule has 3 aromatic rings. The molecular weight excluding hydrogens is 328 g/mol. The Morgan fingerprint density at radius 2 is 2.17 bits per heavy atom. The molecule has 0 unspecified atom stereocenters. The Labute approximate surface area is 142 Å². The van der Waals surface area contributed by atoms with E-state index in [1.807, 2.05) is 24.3 Å². The fourth-order valence-electron chi connectivity index (χ4n) is 2.60. The van der Waals surface area contributed by atoms with Gasteiger partial charge in [0.1, 0.15) is 22.9 Å². The summed E-state index contributed by atoms with van der Waals surface area (Å²) in [7, 11) is 0. The van der Waals surface area contributed by atoms with Crippen LogP contribution in [-0.4, -0.2) is 11.8 Å². The third kappa shape index (κ3) is 2.62. The second kappa shape index (κ2) is 6.00. The summed E-state index contributed by atoms with van der Waals surface area (Å²) in [6, 6.07) is 13.0. The number of aromatic nitrogens is 1. The molecule has 0 fully saturated rings. The van der Waals surface area contributed by atoms with Gasteiger partial charge >= 0.3 is 0 Å². The first-order valence-electron chi connectivity index (χ1n) is 7.25. The SMILES string of the molecule is N#CC(=Cc1cc(Cl)cc2c1OCOC2)c1nc2ccccc2o1. The first-order chi connectivity index (χ1) is 11.7. The quantitative estimate of drug-likeness (QED) is 0.647. The van der Waals surface area contributed by atoms with E-state index in [0.717, 1.165) is 5.56 Å². The first kappa shape index (κ1) is 14.8. The van der Waals surface area contributed by atoms with Crippen molar-refractivity contribution in [2.75, 3.05) is 6.79 Å². The fourth-order valence-corrected chi connectivity index (χ4v) is 2.85. The molecule has 0 N–H and O–H groups in total. The van der Waals surface area contributed by atoms with Crippen LogP contribution in [-0.2, 0) is 11.3 Å². The van der Waals surface area contributed by atoms with Crippen molar-refractivity contribution < 1.29 is 13.9 Å². The Hall–Kier alpha value is -2.81. The Kier molecular flexibility index (Phi) is 3.69. The molecule has 0 radical (unpaired) electrons. The van der Waals surface area contributed by atoms with E-state index in [1.54, 1.807) is 18.2 Å². The molecule has 2 aromatic carbocycles. The number of benzene rings is 2. The molecule has 1 aliphatic rings. The molecule has 0 atom stereocenters. The predicted octanol–water partition coefficient (Wildman–Crippen LogP) is 4.41. The van der Waals surface area contributed by atoms with Crippen molar-refractivity contribution >= 4 is 34.3 Å². The van der Waals surface area contributed by atoms with Gasteiger partial charge in [-0.15, -0.1) is 0 Å². The third-order valence-corrected chi connectivity index (χ3v) is 3.87. The average molecular weight is 339 g/mol. The summed E-state index contributed by atoms with van der Waals surface area (Å²) < 4.78 is 16.5. The van der Waals surface area contributed by atoms with Crippen molar-refractivity contribution in [2.45, 2.75) is 6.61 Å². The summed E-state index contributed by atoms with van der Waals surface area (Å²) in [5.41, 5.74) is 3.16. The largest absolute Gasteiger partial charge is 0.467 e. The Bertz CT molecular complexity index is 968. The van der Waals surface area contributed by atoms with Crippen LogP contribution in [0.5, 0.6) is 5.75 Å².